The Morgan fingerprint density at radius 2 is 1.85 bits per heavy atom. The lowest BCUT2D eigenvalue weighted by atomic mass is 9.89. The quantitative estimate of drug-likeness (QED) is 0.748. The predicted molar refractivity (Wildman–Crippen MR) is 102 cm³/mol. The molecule has 1 atom stereocenters. The molecule has 0 fully saturated rings. The van der Waals surface area contributed by atoms with Crippen molar-refractivity contribution in [2.24, 2.45) is 0 Å². The molecule has 0 radical (unpaired) electrons. The summed E-state index contributed by atoms with van der Waals surface area (Å²) in [6.07, 6.45) is 0.388. The molecular weight excluding hydrogens is 348 g/mol. The maximum Gasteiger partial charge on any atom is 0.225 e. The molecule has 1 amide bonds. The summed E-state index contributed by atoms with van der Waals surface area (Å²) < 4.78 is 15.4. The topological polar surface area (TPSA) is 60.5 Å². The molecule has 1 aliphatic heterocycles. The first-order valence-corrected chi connectivity index (χ1v) is 9.05. The van der Waals surface area contributed by atoms with Crippen LogP contribution >= 0.6 is 11.5 Å². The maximum absolute atomic E-state index is 12.4. The molecule has 0 unspecified atom stereocenters. The molecular formula is C20H18N2O3S. The first-order valence-electron chi connectivity index (χ1n) is 8.28. The van der Waals surface area contributed by atoms with Gasteiger partial charge in [-0.1, -0.05) is 36.4 Å². The van der Waals surface area contributed by atoms with Crippen molar-refractivity contribution >= 4 is 23.1 Å². The van der Waals surface area contributed by atoms with Gasteiger partial charge in [0.15, 0.2) is 11.5 Å². The van der Waals surface area contributed by atoms with Gasteiger partial charge in [-0.15, -0.1) is 0 Å². The molecule has 0 saturated heterocycles. The second kappa shape index (κ2) is 6.80. The van der Waals surface area contributed by atoms with Crippen LogP contribution in [0.5, 0.6) is 11.5 Å². The molecule has 2 heterocycles. The number of hydrogen-bond donors (Lipinski definition) is 1. The Labute approximate surface area is 155 Å². The molecule has 4 rings (SSSR count). The van der Waals surface area contributed by atoms with E-state index in [1.165, 1.54) is 11.5 Å². The van der Waals surface area contributed by atoms with Crippen molar-refractivity contribution in [1.29, 1.82) is 0 Å². The Morgan fingerprint density at radius 1 is 1.08 bits per heavy atom. The van der Waals surface area contributed by atoms with Gasteiger partial charge in [0, 0.05) is 17.9 Å². The van der Waals surface area contributed by atoms with Gasteiger partial charge in [-0.25, -0.2) is 0 Å². The molecule has 0 saturated carbocycles. The van der Waals surface area contributed by atoms with Crippen LogP contribution in [0.1, 0.15) is 22.8 Å². The van der Waals surface area contributed by atoms with Gasteiger partial charge in [0.2, 0.25) is 5.91 Å². The number of fused-ring (bicyclic) bond motifs is 1. The summed E-state index contributed by atoms with van der Waals surface area (Å²) >= 11 is 1.44. The molecule has 3 aromatic rings. The van der Waals surface area contributed by atoms with Gasteiger partial charge in [-0.3, -0.25) is 4.79 Å². The fourth-order valence-corrected chi connectivity index (χ4v) is 4.23. The highest BCUT2D eigenvalue weighted by Gasteiger charge is 2.32. The van der Waals surface area contributed by atoms with Crippen LogP contribution in [0.15, 0.2) is 48.5 Å². The van der Waals surface area contributed by atoms with Gasteiger partial charge >= 0.3 is 0 Å². The van der Waals surface area contributed by atoms with Crippen LogP contribution < -0.4 is 14.8 Å². The number of carbonyl (C=O) groups excluding carboxylic acids is 1. The van der Waals surface area contributed by atoms with Crippen molar-refractivity contribution < 1.29 is 14.3 Å². The highest BCUT2D eigenvalue weighted by Crippen LogP contribution is 2.45. The molecule has 1 aliphatic rings. The molecule has 0 spiro atoms. The highest BCUT2D eigenvalue weighted by molar-refractivity contribution is 7.07. The minimum atomic E-state index is -0.0477. The smallest absolute Gasteiger partial charge is 0.225 e. The number of amides is 1. The van der Waals surface area contributed by atoms with Gasteiger partial charge in [0.1, 0.15) is 5.69 Å². The first-order chi connectivity index (χ1) is 12.7. The summed E-state index contributed by atoms with van der Waals surface area (Å²) in [5.41, 5.74) is 3.65. The fourth-order valence-electron chi connectivity index (χ4n) is 3.26. The van der Waals surface area contributed by atoms with Crippen molar-refractivity contribution in [3.8, 4) is 22.8 Å². The molecule has 0 aliphatic carbocycles. The van der Waals surface area contributed by atoms with Crippen LogP contribution in [-0.2, 0) is 4.79 Å². The maximum atomic E-state index is 12.4. The second-order valence-electron chi connectivity index (χ2n) is 6.06. The van der Waals surface area contributed by atoms with Crippen LogP contribution in [-0.4, -0.2) is 24.5 Å². The molecule has 26 heavy (non-hydrogen) atoms. The zero-order valence-corrected chi connectivity index (χ0v) is 15.3. The first kappa shape index (κ1) is 16.6. The number of carbonyl (C=O) groups is 1. The summed E-state index contributed by atoms with van der Waals surface area (Å²) in [6.45, 7) is 0. The summed E-state index contributed by atoms with van der Waals surface area (Å²) in [6, 6.07) is 15.7. The third-order valence-corrected chi connectivity index (χ3v) is 5.51. The van der Waals surface area contributed by atoms with Crippen molar-refractivity contribution in [2.45, 2.75) is 12.3 Å². The number of nitrogens with zero attached hydrogens (tertiary/aromatic N) is 1. The van der Waals surface area contributed by atoms with E-state index in [2.05, 4.69) is 9.69 Å². The van der Waals surface area contributed by atoms with E-state index in [1.54, 1.807) is 14.2 Å². The monoisotopic (exact) mass is 366 g/mol. The Bertz CT molecular complexity index is 953. The van der Waals surface area contributed by atoms with E-state index < -0.39 is 0 Å². The number of benzene rings is 2. The number of rotatable bonds is 4. The van der Waals surface area contributed by atoms with Crippen molar-refractivity contribution in [2.75, 3.05) is 19.5 Å². The SMILES string of the molecule is COc1ccc([C@H]2CC(=O)Nc3c(-c4ccccc4)nsc32)cc1OC. The van der Waals surface area contributed by atoms with Crippen molar-refractivity contribution in [3.05, 3.63) is 59.0 Å². The van der Waals surface area contributed by atoms with Crippen LogP contribution in [0.3, 0.4) is 0 Å². The Morgan fingerprint density at radius 3 is 2.58 bits per heavy atom. The van der Waals surface area contributed by atoms with E-state index in [4.69, 9.17) is 9.47 Å². The highest BCUT2D eigenvalue weighted by atomic mass is 32.1. The number of ether oxygens (including phenoxy) is 2. The minimum Gasteiger partial charge on any atom is -0.493 e. The normalized spacial score (nSPS) is 15.9. The van der Waals surface area contributed by atoms with Gasteiger partial charge in [-0.2, -0.15) is 4.37 Å². The third kappa shape index (κ3) is 2.82. The van der Waals surface area contributed by atoms with E-state index >= 15 is 0 Å². The Kier molecular flexibility index (Phi) is 4.34. The molecule has 1 N–H and O–H groups in total. The molecule has 6 heteroatoms. The summed E-state index contributed by atoms with van der Waals surface area (Å²) in [4.78, 5) is 13.4. The predicted octanol–water partition coefficient (Wildman–Crippen LogP) is 4.30. The second-order valence-corrected chi connectivity index (χ2v) is 6.86. The lowest BCUT2D eigenvalue weighted by molar-refractivity contribution is -0.116. The van der Waals surface area contributed by atoms with E-state index in [0.717, 1.165) is 27.4 Å². The van der Waals surface area contributed by atoms with Gasteiger partial charge < -0.3 is 14.8 Å². The van der Waals surface area contributed by atoms with Crippen molar-refractivity contribution in [1.82, 2.24) is 4.37 Å². The van der Waals surface area contributed by atoms with Crippen LogP contribution in [0.2, 0.25) is 0 Å². The number of hydrogen-bond acceptors (Lipinski definition) is 5. The standard InChI is InChI=1S/C20H18N2O3S/c1-24-15-9-8-13(10-16(15)25-2)14-11-17(23)21-19-18(22-26-20(14)19)12-6-4-3-5-7-12/h3-10,14H,11H2,1-2H3,(H,21,23)/t14-/m1/s1. The number of nitrogens with one attached hydrogen (secondary N) is 1. The number of anilines is 1. The molecule has 0 bridgehead atoms. The van der Waals surface area contributed by atoms with Crippen LogP contribution in [0.25, 0.3) is 11.3 Å². The van der Waals surface area contributed by atoms with Gasteiger partial charge in [0.05, 0.1) is 24.8 Å². The summed E-state index contributed by atoms with van der Waals surface area (Å²) in [7, 11) is 3.22. The summed E-state index contributed by atoms with van der Waals surface area (Å²) in [5.74, 6) is 1.28. The summed E-state index contributed by atoms with van der Waals surface area (Å²) in [5, 5.41) is 3.01. The fraction of sp³-hybridized carbons (Fsp3) is 0.200. The van der Waals surface area contributed by atoms with Gasteiger partial charge in [0.25, 0.3) is 0 Å². The van der Waals surface area contributed by atoms with Gasteiger partial charge in [-0.05, 0) is 29.2 Å². The largest absolute Gasteiger partial charge is 0.493 e. The van der Waals surface area contributed by atoms with Crippen LogP contribution in [0, 0.1) is 0 Å². The minimum absolute atomic E-state index is 0.00494. The third-order valence-electron chi connectivity index (χ3n) is 4.55. The Balaban J connectivity index is 1.79. The molecule has 5 nitrogen and oxygen atoms in total. The van der Waals surface area contributed by atoms with Crippen LogP contribution in [0.4, 0.5) is 5.69 Å². The average molecular weight is 366 g/mol. The Hall–Kier alpha value is -2.86. The number of aromatic nitrogens is 1. The van der Waals surface area contributed by atoms with E-state index in [0.29, 0.717) is 17.9 Å². The molecule has 132 valence electrons. The zero-order chi connectivity index (χ0) is 18.1. The van der Waals surface area contributed by atoms with Crippen molar-refractivity contribution in [3.63, 3.8) is 0 Å². The van der Waals surface area contributed by atoms with E-state index in [1.807, 2.05) is 48.5 Å². The van der Waals surface area contributed by atoms with E-state index in [9.17, 15) is 4.79 Å². The molecule has 1 aromatic heterocycles. The lowest BCUT2D eigenvalue weighted by Crippen LogP contribution is -2.22. The molecule has 2 aromatic carbocycles. The average Bonchev–Trinajstić information content (AvgIpc) is 3.11. The lowest BCUT2D eigenvalue weighted by Gasteiger charge is -2.23. The van der Waals surface area contributed by atoms with E-state index in [-0.39, 0.29) is 11.8 Å². The zero-order valence-electron chi connectivity index (χ0n) is 14.5. The number of methoxy groups -OCH3 is 2.